The molecule has 2 rings (SSSR count). The highest BCUT2D eigenvalue weighted by molar-refractivity contribution is 7.98. The van der Waals surface area contributed by atoms with E-state index in [2.05, 4.69) is 17.1 Å². The number of unbranched alkanes of at least 4 members (excludes halogenated alkanes) is 1. The normalized spacial score (nSPS) is 17.2. The first-order valence-electron chi connectivity index (χ1n) is 8.54. The standard InChI is InChI=1S/C17H28F2N2OS/c1-14-6-10-21(11-7-14)9-3-2-8-20-12-15-4-5-16(22-15)13-23-17(18)19/h4-5,14,17,20H,2-3,6-13H2,1H3. The molecular weight excluding hydrogens is 318 g/mol. The van der Waals surface area contributed by atoms with Crippen LogP contribution in [-0.2, 0) is 12.3 Å². The van der Waals surface area contributed by atoms with Crippen molar-refractivity contribution in [3.8, 4) is 0 Å². The summed E-state index contributed by atoms with van der Waals surface area (Å²) in [4.78, 5) is 2.57. The zero-order chi connectivity index (χ0) is 16.5. The molecule has 23 heavy (non-hydrogen) atoms. The molecule has 1 aromatic heterocycles. The van der Waals surface area contributed by atoms with Gasteiger partial charge in [0.05, 0.1) is 12.3 Å². The van der Waals surface area contributed by atoms with Crippen molar-refractivity contribution in [1.82, 2.24) is 10.2 Å². The molecule has 0 aliphatic carbocycles. The average Bonchev–Trinajstić information content (AvgIpc) is 2.98. The lowest BCUT2D eigenvalue weighted by Crippen LogP contribution is -2.33. The lowest BCUT2D eigenvalue weighted by molar-refractivity contribution is 0.189. The molecule has 132 valence electrons. The van der Waals surface area contributed by atoms with Crippen molar-refractivity contribution >= 4 is 11.8 Å². The van der Waals surface area contributed by atoms with Crippen molar-refractivity contribution in [3.05, 3.63) is 23.7 Å². The molecule has 3 nitrogen and oxygen atoms in total. The van der Waals surface area contributed by atoms with E-state index in [9.17, 15) is 8.78 Å². The summed E-state index contributed by atoms with van der Waals surface area (Å²) in [6.07, 6.45) is 5.04. The number of likely N-dealkylation sites (tertiary alicyclic amines) is 1. The third kappa shape index (κ3) is 7.68. The van der Waals surface area contributed by atoms with Gasteiger partial charge < -0.3 is 14.6 Å². The van der Waals surface area contributed by atoms with Gasteiger partial charge in [-0.25, -0.2) is 0 Å². The van der Waals surface area contributed by atoms with E-state index < -0.39 is 5.76 Å². The third-order valence-corrected chi connectivity index (χ3v) is 5.03. The van der Waals surface area contributed by atoms with Crippen LogP contribution in [0, 0.1) is 5.92 Å². The molecular formula is C17H28F2N2OS. The molecule has 1 saturated heterocycles. The number of nitrogens with zero attached hydrogens (tertiary/aromatic N) is 1. The van der Waals surface area contributed by atoms with Crippen LogP contribution in [-0.4, -0.2) is 36.8 Å². The van der Waals surface area contributed by atoms with Crippen LogP contribution in [0.1, 0.15) is 44.1 Å². The Morgan fingerprint density at radius 1 is 1.26 bits per heavy atom. The van der Waals surface area contributed by atoms with Crippen LogP contribution in [0.25, 0.3) is 0 Å². The van der Waals surface area contributed by atoms with E-state index in [0.29, 0.717) is 24.1 Å². The van der Waals surface area contributed by atoms with Crippen molar-refractivity contribution in [2.24, 2.45) is 5.92 Å². The van der Waals surface area contributed by atoms with E-state index >= 15 is 0 Å². The molecule has 0 spiro atoms. The predicted octanol–water partition coefficient (Wildman–Crippen LogP) is 4.34. The molecule has 1 aliphatic rings. The maximum atomic E-state index is 12.1. The molecule has 2 heterocycles. The molecule has 1 aliphatic heterocycles. The van der Waals surface area contributed by atoms with Gasteiger partial charge in [-0.3, -0.25) is 0 Å². The molecule has 0 amide bonds. The maximum absolute atomic E-state index is 12.1. The van der Waals surface area contributed by atoms with E-state index in [-0.39, 0.29) is 5.75 Å². The van der Waals surface area contributed by atoms with Crippen LogP contribution < -0.4 is 5.32 Å². The molecule has 0 aromatic carbocycles. The Morgan fingerprint density at radius 2 is 2.00 bits per heavy atom. The second-order valence-electron chi connectivity index (χ2n) is 6.35. The van der Waals surface area contributed by atoms with Gasteiger partial charge in [0, 0.05) is 0 Å². The molecule has 1 aromatic rings. The highest BCUT2D eigenvalue weighted by atomic mass is 32.2. The van der Waals surface area contributed by atoms with Gasteiger partial charge in [0.15, 0.2) is 0 Å². The first-order valence-corrected chi connectivity index (χ1v) is 9.59. The number of alkyl halides is 2. The minimum atomic E-state index is -2.34. The van der Waals surface area contributed by atoms with Crippen molar-refractivity contribution in [2.75, 3.05) is 26.2 Å². The van der Waals surface area contributed by atoms with Crippen molar-refractivity contribution in [1.29, 1.82) is 0 Å². The van der Waals surface area contributed by atoms with E-state index in [4.69, 9.17) is 4.42 Å². The summed E-state index contributed by atoms with van der Waals surface area (Å²) in [6, 6.07) is 3.65. The fraction of sp³-hybridized carbons (Fsp3) is 0.765. The van der Waals surface area contributed by atoms with E-state index in [1.165, 1.54) is 38.9 Å². The molecule has 1 N–H and O–H groups in total. The average molecular weight is 346 g/mol. The second kappa shape index (κ2) is 10.3. The molecule has 0 bridgehead atoms. The van der Waals surface area contributed by atoms with Gasteiger partial charge in [-0.2, -0.15) is 8.78 Å². The lowest BCUT2D eigenvalue weighted by Gasteiger charge is -2.30. The summed E-state index contributed by atoms with van der Waals surface area (Å²) in [5, 5.41) is 3.36. The van der Waals surface area contributed by atoms with Gasteiger partial charge in [0.2, 0.25) is 0 Å². The van der Waals surface area contributed by atoms with Gasteiger partial charge in [-0.15, -0.1) is 0 Å². The highest BCUT2D eigenvalue weighted by Crippen LogP contribution is 2.21. The number of nitrogens with one attached hydrogen (secondary N) is 1. The van der Waals surface area contributed by atoms with Gasteiger partial charge >= 0.3 is 0 Å². The zero-order valence-electron chi connectivity index (χ0n) is 13.9. The number of thioether (sulfide) groups is 1. The maximum Gasteiger partial charge on any atom is 0.284 e. The Hall–Kier alpha value is -0.590. The van der Waals surface area contributed by atoms with Gasteiger partial charge in [-0.1, -0.05) is 18.7 Å². The first kappa shape index (κ1) is 18.7. The number of hydrogen-bond acceptors (Lipinski definition) is 4. The third-order valence-electron chi connectivity index (χ3n) is 4.32. The monoisotopic (exact) mass is 346 g/mol. The van der Waals surface area contributed by atoms with Crippen molar-refractivity contribution in [2.45, 2.75) is 50.7 Å². The molecule has 6 heteroatoms. The summed E-state index contributed by atoms with van der Waals surface area (Å²) in [7, 11) is 0. The molecule has 0 unspecified atom stereocenters. The van der Waals surface area contributed by atoms with Crippen LogP contribution in [0.2, 0.25) is 0 Å². The summed E-state index contributed by atoms with van der Waals surface area (Å²) in [5.41, 5.74) is 0. The predicted molar refractivity (Wildman–Crippen MR) is 91.8 cm³/mol. The summed E-state index contributed by atoms with van der Waals surface area (Å²) in [5.74, 6) is 0.216. The summed E-state index contributed by atoms with van der Waals surface area (Å²) in [6.45, 7) is 7.67. The topological polar surface area (TPSA) is 28.4 Å². The van der Waals surface area contributed by atoms with E-state index in [1.807, 2.05) is 6.07 Å². The Labute approximate surface area is 142 Å². The fourth-order valence-electron chi connectivity index (χ4n) is 2.82. The number of furan rings is 1. The Bertz CT molecular complexity index is 434. The Morgan fingerprint density at radius 3 is 2.74 bits per heavy atom. The minimum absolute atomic E-state index is 0.228. The summed E-state index contributed by atoms with van der Waals surface area (Å²) >= 11 is 0.594. The molecule has 1 fully saturated rings. The Kier molecular flexibility index (Phi) is 8.40. The van der Waals surface area contributed by atoms with Gasteiger partial charge in [0.1, 0.15) is 11.5 Å². The largest absolute Gasteiger partial charge is 0.464 e. The second-order valence-corrected chi connectivity index (χ2v) is 7.33. The quantitative estimate of drug-likeness (QED) is 0.638. The molecule has 0 saturated carbocycles. The van der Waals surface area contributed by atoms with Crippen LogP contribution in [0.15, 0.2) is 16.5 Å². The first-order chi connectivity index (χ1) is 11.1. The Balaban J connectivity index is 1.49. The zero-order valence-corrected chi connectivity index (χ0v) is 14.7. The van der Waals surface area contributed by atoms with Crippen LogP contribution in [0.3, 0.4) is 0 Å². The van der Waals surface area contributed by atoms with Crippen molar-refractivity contribution < 1.29 is 13.2 Å². The minimum Gasteiger partial charge on any atom is -0.464 e. The van der Waals surface area contributed by atoms with Crippen LogP contribution in [0.5, 0.6) is 0 Å². The van der Waals surface area contributed by atoms with Crippen LogP contribution >= 0.6 is 11.8 Å². The molecule has 0 atom stereocenters. The lowest BCUT2D eigenvalue weighted by atomic mass is 9.99. The van der Waals surface area contributed by atoms with Gasteiger partial charge in [0.25, 0.3) is 5.76 Å². The number of halogens is 2. The van der Waals surface area contributed by atoms with E-state index in [1.54, 1.807) is 6.07 Å². The number of hydrogen-bond donors (Lipinski definition) is 1. The van der Waals surface area contributed by atoms with Crippen LogP contribution in [0.4, 0.5) is 8.78 Å². The smallest absolute Gasteiger partial charge is 0.284 e. The highest BCUT2D eigenvalue weighted by Gasteiger charge is 2.14. The number of rotatable bonds is 10. The summed E-state index contributed by atoms with van der Waals surface area (Å²) < 4.78 is 29.7. The fourth-order valence-corrected chi connectivity index (χ4v) is 3.27. The van der Waals surface area contributed by atoms with Crippen molar-refractivity contribution in [3.63, 3.8) is 0 Å². The van der Waals surface area contributed by atoms with E-state index in [0.717, 1.165) is 24.6 Å². The van der Waals surface area contributed by atoms with Gasteiger partial charge in [-0.05, 0) is 69.9 Å². The SMILES string of the molecule is CC1CCN(CCCCNCc2ccc(CSC(F)F)o2)CC1. The number of piperidine rings is 1. The molecule has 0 radical (unpaired) electrons.